The largest absolute Gasteiger partial charge is 0.389 e. The molecule has 1 aromatic carbocycles. The van der Waals surface area contributed by atoms with Crippen molar-refractivity contribution in [2.45, 2.75) is 50.0 Å². The first kappa shape index (κ1) is 18.8. The fourth-order valence-electron chi connectivity index (χ4n) is 3.29. The lowest BCUT2D eigenvalue weighted by atomic mass is 10.1. The predicted octanol–water partition coefficient (Wildman–Crippen LogP) is 0.795. The summed E-state index contributed by atoms with van der Waals surface area (Å²) in [5.74, 6) is -0.353. The molecule has 0 aromatic heterocycles. The quantitative estimate of drug-likeness (QED) is 0.685. The summed E-state index contributed by atoms with van der Waals surface area (Å²) >= 11 is 0. The van der Waals surface area contributed by atoms with Crippen LogP contribution in [0.15, 0.2) is 30.3 Å². The van der Waals surface area contributed by atoms with Gasteiger partial charge >= 0.3 is 0 Å². The highest BCUT2D eigenvalue weighted by Gasteiger charge is 2.51. The smallest absolute Gasteiger partial charge is 0.256 e. The van der Waals surface area contributed by atoms with Crippen molar-refractivity contribution in [2.24, 2.45) is 0 Å². The summed E-state index contributed by atoms with van der Waals surface area (Å²) in [5.41, 5.74) is 1.09. The van der Waals surface area contributed by atoms with Crippen molar-refractivity contribution in [2.75, 3.05) is 13.6 Å². The van der Waals surface area contributed by atoms with Crippen LogP contribution in [0.1, 0.15) is 18.4 Å². The van der Waals surface area contributed by atoms with E-state index < -0.39 is 30.7 Å². The Bertz CT molecular complexity index is 530. The highest BCUT2D eigenvalue weighted by atomic mass is 19.3. The monoisotopic (exact) mass is 342 g/mol. The normalized spacial score (nSPS) is 27.6. The Kier molecular flexibility index (Phi) is 6.65. The van der Waals surface area contributed by atoms with Crippen molar-refractivity contribution in [3.63, 3.8) is 0 Å². The van der Waals surface area contributed by atoms with Crippen LogP contribution in [0.3, 0.4) is 0 Å². The van der Waals surface area contributed by atoms with Gasteiger partial charge in [0.1, 0.15) is 6.10 Å². The highest BCUT2D eigenvalue weighted by Crippen LogP contribution is 2.31. The molecule has 4 atom stereocenters. The maximum absolute atomic E-state index is 13.3. The van der Waals surface area contributed by atoms with Gasteiger partial charge in [-0.05, 0) is 24.9 Å². The molecule has 1 unspecified atom stereocenters. The molecule has 1 saturated heterocycles. The number of amides is 1. The van der Waals surface area contributed by atoms with Gasteiger partial charge in [0.05, 0.1) is 12.1 Å². The lowest BCUT2D eigenvalue weighted by Gasteiger charge is -2.29. The molecule has 134 valence electrons. The van der Waals surface area contributed by atoms with Gasteiger partial charge < -0.3 is 15.5 Å². The number of halogens is 2. The zero-order valence-corrected chi connectivity index (χ0v) is 13.6. The molecule has 2 rings (SSSR count). The molecule has 1 heterocycles. The summed E-state index contributed by atoms with van der Waals surface area (Å²) in [6.07, 6.45) is -4.54. The number of aliphatic hydroxyl groups is 2. The molecule has 3 N–H and O–H groups in total. The molecule has 1 fully saturated rings. The molecular weight excluding hydrogens is 318 g/mol. The van der Waals surface area contributed by atoms with Crippen molar-refractivity contribution in [3.8, 4) is 0 Å². The lowest BCUT2D eigenvalue weighted by molar-refractivity contribution is -0.122. The maximum atomic E-state index is 13.3. The SMILES string of the molecule is CNC(=O)C[C@@H]1[C@@H](O)[C@H](O)C(C(F)F)N1CCCc1ccccc1. The van der Waals surface area contributed by atoms with E-state index in [-0.39, 0.29) is 18.9 Å². The topological polar surface area (TPSA) is 72.8 Å². The Balaban J connectivity index is 2.05. The average molecular weight is 342 g/mol. The van der Waals surface area contributed by atoms with E-state index in [1.807, 2.05) is 30.3 Å². The number of likely N-dealkylation sites (tertiary alicyclic amines) is 1. The zero-order valence-electron chi connectivity index (χ0n) is 13.6. The van der Waals surface area contributed by atoms with Gasteiger partial charge in [0, 0.05) is 19.5 Å². The third kappa shape index (κ3) is 4.28. The van der Waals surface area contributed by atoms with Gasteiger partial charge in [0.2, 0.25) is 5.91 Å². The summed E-state index contributed by atoms with van der Waals surface area (Å²) in [6.45, 7) is 0.277. The molecule has 0 bridgehead atoms. The molecule has 24 heavy (non-hydrogen) atoms. The first-order chi connectivity index (χ1) is 11.5. The van der Waals surface area contributed by atoms with Gasteiger partial charge in [-0.15, -0.1) is 0 Å². The second kappa shape index (κ2) is 8.50. The third-order valence-corrected chi connectivity index (χ3v) is 4.56. The Morgan fingerprint density at radius 2 is 1.92 bits per heavy atom. The fraction of sp³-hybridized carbons (Fsp3) is 0.588. The fourth-order valence-corrected chi connectivity index (χ4v) is 3.29. The van der Waals surface area contributed by atoms with Crippen molar-refractivity contribution in [1.82, 2.24) is 10.2 Å². The van der Waals surface area contributed by atoms with Gasteiger partial charge in [-0.3, -0.25) is 9.69 Å². The van der Waals surface area contributed by atoms with Gasteiger partial charge in [0.25, 0.3) is 6.43 Å². The molecule has 0 aliphatic carbocycles. The molecule has 7 heteroatoms. The minimum absolute atomic E-state index is 0.122. The van der Waals surface area contributed by atoms with Crippen LogP contribution in [0.5, 0.6) is 0 Å². The third-order valence-electron chi connectivity index (χ3n) is 4.56. The van der Waals surface area contributed by atoms with Crippen LogP contribution in [-0.2, 0) is 11.2 Å². The summed E-state index contributed by atoms with van der Waals surface area (Å²) in [6, 6.07) is 7.38. The van der Waals surface area contributed by atoms with Gasteiger partial charge in [-0.25, -0.2) is 8.78 Å². The molecular formula is C17H24F2N2O3. The van der Waals surface area contributed by atoms with E-state index in [9.17, 15) is 23.8 Å². The molecule has 1 amide bonds. The Hall–Kier alpha value is -1.57. The molecule has 0 radical (unpaired) electrons. The zero-order chi connectivity index (χ0) is 17.7. The molecule has 1 aromatic rings. The van der Waals surface area contributed by atoms with Crippen LogP contribution < -0.4 is 5.32 Å². The Labute approximate surface area is 140 Å². The highest BCUT2D eigenvalue weighted by molar-refractivity contribution is 5.76. The predicted molar refractivity (Wildman–Crippen MR) is 85.7 cm³/mol. The number of nitrogens with one attached hydrogen (secondary N) is 1. The number of carbonyl (C=O) groups excluding carboxylic acids is 1. The first-order valence-electron chi connectivity index (χ1n) is 8.10. The van der Waals surface area contributed by atoms with Gasteiger partial charge in [0.15, 0.2) is 0 Å². The summed E-state index contributed by atoms with van der Waals surface area (Å²) in [5, 5.41) is 22.5. The van der Waals surface area contributed by atoms with Crippen LogP contribution >= 0.6 is 0 Å². The van der Waals surface area contributed by atoms with E-state index in [4.69, 9.17) is 0 Å². The van der Waals surface area contributed by atoms with Gasteiger partial charge in [-0.1, -0.05) is 30.3 Å². The molecule has 1 aliphatic rings. The van der Waals surface area contributed by atoms with Crippen molar-refractivity contribution in [1.29, 1.82) is 0 Å². The average Bonchev–Trinajstić information content (AvgIpc) is 2.80. The summed E-state index contributed by atoms with van der Waals surface area (Å²) in [7, 11) is 1.45. The Morgan fingerprint density at radius 1 is 1.25 bits per heavy atom. The first-order valence-corrected chi connectivity index (χ1v) is 8.10. The van der Waals surface area contributed by atoms with E-state index in [1.54, 1.807) is 0 Å². The number of carbonyl (C=O) groups is 1. The molecule has 0 spiro atoms. The van der Waals surface area contributed by atoms with E-state index >= 15 is 0 Å². The van der Waals surface area contributed by atoms with Crippen molar-refractivity contribution < 1.29 is 23.8 Å². The van der Waals surface area contributed by atoms with E-state index in [0.29, 0.717) is 12.8 Å². The van der Waals surface area contributed by atoms with Crippen LogP contribution in [0.2, 0.25) is 0 Å². The number of aryl methyl sites for hydroxylation is 1. The number of rotatable bonds is 7. The Morgan fingerprint density at radius 3 is 2.50 bits per heavy atom. The summed E-state index contributed by atoms with van der Waals surface area (Å²) < 4.78 is 26.7. The second-order valence-corrected chi connectivity index (χ2v) is 6.08. The molecule has 5 nitrogen and oxygen atoms in total. The van der Waals surface area contributed by atoms with E-state index in [0.717, 1.165) is 5.56 Å². The number of hydrogen-bond acceptors (Lipinski definition) is 4. The minimum atomic E-state index is -2.79. The van der Waals surface area contributed by atoms with Crippen molar-refractivity contribution >= 4 is 5.91 Å². The number of hydrogen-bond donors (Lipinski definition) is 3. The van der Waals surface area contributed by atoms with E-state index in [1.165, 1.54) is 11.9 Å². The molecule has 0 saturated carbocycles. The second-order valence-electron chi connectivity index (χ2n) is 6.08. The van der Waals surface area contributed by atoms with E-state index in [2.05, 4.69) is 5.32 Å². The van der Waals surface area contributed by atoms with Crippen LogP contribution in [0, 0.1) is 0 Å². The van der Waals surface area contributed by atoms with Gasteiger partial charge in [-0.2, -0.15) is 0 Å². The lowest BCUT2D eigenvalue weighted by Crippen LogP contribution is -2.45. The summed E-state index contributed by atoms with van der Waals surface area (Å²) in [4.78, 5) is 13.0. The van der Waals surface area contributed by atoms with Crippen LogP contribution in [0.4, 0.5) is 8.78 Å². The standard InChI is InChI=1S/C17H24F2N2O3/c1-20-13(22)10-12-15(23)16(24)14(17(18)19)21(12)9-5-8-11-6-3-2-4-7-11/h2-4,6-7,12,14-17,23-24H,5,8-10H2,1H3,(H,20,22)/t12-,14?,15-,16-/m1/s1. The van der Waals surface area contributed by atoms with Crippen LogP contribution in [0.25, 0.3) is 0 Å². The van der Waals surface area contributed by atoms with Crippen molar-refractivity contribution in [3.05, 3.63) is 35.9 Å². The van der Waals surface area contributed by atoms with Crippen LogP contribution in [-0.4, -0.2) is 65.3 Å². The number of aliphatic hydroxyl groups excluding tert-OH is 2. The minimum Gasteiger partial charge on any atom is -0.389 e. The maximum Gasteiger partial charge on any atom is 0.256 e. The molecule has 1 aliphatic heterocycles. The number of alkyl halides is 2. The number of benzene rings is 1. The number of nitrogens with zero attached hydrogens (tertiary/aromatic N) is 1.